The van der Waals surface area contributed by atoms with Crippen LogP contribution < -0.4 is 5.32 Å². The van der Waals surface area contributed by atoms with Crippen molar-refractivity contribution in [3.8, 4) is 0 Å². The van der Waals surface area contributed by atoms with Crippen LogP contribution >= 0.6 is 0 Å². The van der Waals surface area contributed by atoms with Crippen LogP contribution in [0.25, 0.3) is 0 Å². The summed E-state index contributed by atoms with van der Waals surface area (Å²) < 4.78 is 0. The van der Waals surface area contributed by atoms with Crippen molar-refractivity contribution in [2.45, 2.75) is 51.4 Å². The Morgan fingerprint density at radius 3 is 2.48 bits per heavy atom. The van der Waals surface area contributed by atoms with Crippen molar-refractivity contribution in [3.63, 3.8) is 0 Å². The second kappa shape index (κ2) is 8.60. The van der Waals surface area contributed by atoms with Gasteiger partial charge in [0.05, 0.1) is 0 Å². The van der Waals surface area contributed by atoms with Crippen molar-refractivity contribution in [1.29, 1.82) is 0 Å². The molecular weight excluding hydrogens is 262 g/mol. The third-order valence-corrected chi connectivity index (χ3v) is 4.26. The standard InChI is InChI=1S/C18H25NO2/c20-17(16-10-2-1-3-11-16)12-13-18(21)19-14-6-9-15-7-4-5-8-15/h1-3,10-11,15H,4-9,12-14H2,(H,19,21). The van der Waals surface area contributed by atoms with Crippen LogP contribution in [0.3, 0.4) is 0 Å². The number of nitrogens with one attached hydrogen (secondary N) is 1. The first-order valence-electron chi connectivity index (χ1n) is 8.10. The van der Waals surface area contributed by atoms with Gasteiger partial charge >= 0.3 is 0 Å². The van der Waals surface area contributed by atoms with E-state index in [0.717, 1.165) is 18.9 Å². The van der Waals surface area contributed by atoms with E-state index < -0.39 is 0 Å². The summed E-state index contributed by atoms with van der Waals surface area (Å²) >= 11 is 0. The van der Waals surface area contributed by atoms with E-state index >= 15 is 0 Å². The molecule has 0 atom stereocenters. The summed E-state index contributed by atoms with van der Waals surface area (Å²) in [5.41, 5.74) is 0.687. The second-order valence-electron chi connectivity index (χ2n) is 5.93. The van der Waals surface area contributed by atoms with Crippen molar-refractivity contribution < 1.29 is 9.59 Å². The normalized spacial score (nSPS) is 15.0. The summed E-state index contributed by atoms with van der Waals surface area (Å²) in [5, 5.41) is 2.92. The van der Waals surface area contributed by atoms with Gasteiger partial charge in [-0.05, 0) is 18.8 Å². The Hall–Kier alpha value is -1.64. The van der Waals surface area contributed by atoms with Gasteiger partial charge in [0.15, 0.2) is 5.78 Å². The minimum absolute atomic E-state index is 0.00861. The van der Waals surface area contributed by atoms with Crippen LogP contribution in [-0.2, 0) is 4.79 Å². The van der Waals surface area contributed by atoms with E-state index in [0.29, 0.717) is 12.0 Å². The molecule has 2 rings (SSSR count). The van der Waals surface area contributed by atoms with Gasteiger partial charge in [-0.25, -0.2) is 0 Å². The molecule has 1 amide bonds. The molecule has 0 aromatic heterocycles. The molecule has 1 saturated carbocycles. The number of hydrogen-bond acceptors (Lipinski definition) is 2. The number of Topliss-reactive ketones (excluding diaryl/α,β-unsaturated/α-hetero) is 1. The average molecular weight is 287 g/mol. The number of hydrogen-bond donors (Lipinski definition) is 1. The van der Waals surface area contributed by atoms with E-state index in [9.17, 15) is 9.59 Å². The van der Waals surface area contributed by atoms with Gasteiger partial charge in [0.25, 0.3) is 0 Å². The van der Waals surface area contributed by atoms with E-state index in [-0.39, 0.29) is 18.1 Å². The zero-order valence-electron chi connectivity index (χ0n) is 12.6. The molecule has 0 aliphatic heterocycles. The van der Waals surface area contributed by atoms with Crippen molar-refractivity contribution in [3.05, 3.63) is 35.9 Å². The molecule has 1 aromatic rings. The summed E-state index contributed by atoms with van der Waals surface area (Å²) in [4.78, 5) is 23.6. The van der Waals surface area contributed by atoms with Gasteiger partial charge in [-0.1, -0.05) is 56.0 Å². The Morgan fingerprint density at radius 1 is 1.05 bits per heavy atom. The highest BCUT2D eigenvalue weighted by molar-refractivity contribution is 5.97. The zero-order valence-corrected chi connectivity index (χ0v) is 12.6. The topological polar surface area (TPSA) is 46.2 Å². The SMILES string of the molecule is O=C(CCC(=O)c1ccccc1)NCCCC1CCCC1. The first kappa shape index (κ1) is 15.7. The lowest BCUT2D eigenvalue weighted by molar-refractivity contribution is -0.121. The molecule has 3 nitrogen and oxygen atoms in total. The fourth-order valence-electron chi connectivity index (χ4n) is 3.00. The maximum atomic E-state index is 11.9. The fraction of sp³-hybridized carbons (Fsp3) is 0.556. The Kier molecular flexibility index (Phi) is 6.45. The molecule has 1 N–H and O–H groups in total. The fourth-order valence-corrected chi connectivity index (χ4v) is 3.00. The van der Waals surface area contributed by atoms with Crippen LogP contribution in [0.2, 0.25) is 0 Å². The van der Waals surface area contributed by atoms with Gasteiger partial charge in [-0.2, -0.15) is 0 Å². The molecule has 1 aromatic carbocycles. The molecule has 0 bridgehead atoms. The third kappa shape index (κ3) is 5.70. The number of benzene rings is 1. The van der Waals surface area contributed by atoms with E-state index in [1.807, 2.05) is 18.2 Å². The minimum atomic E-state index is -0.00861. The second-order valence-corrected chi connectivity index (χ2v) is 5.93. The molecule has 114 valence electrons. The summed E-state index contributed by atoms with van der Waals surface area (Å²) in [6.45, 7) is 0.745. The van der Waals surface area contributed by atoms with E-state index in [1.165, 1.54) is 32.1 Å². The van der Waals surface area contributed by atoms with Crippen LogP contribution in [0.5, 0.6) is 0 Å². The highest BCUT2D eigenvalue weighted by Gasteiger charge is 2.14. The van der Waals surface area contributed by atoms with Crippen LogP contribution in [0.4, 0.5) is 0 Å². The Balaban J connectivity index is 1.56. The van der Waals surface area contributed by atoms with Crippen LogP contribution in [0.1, 0.15) is 61.7 Å². The predicted octanol–water partition coefficient (Wildman–Crippen LogP) is 3.74. The van der Waals surface area contributed by atoms with Gasteiger partial charge in [-0.3, -0.25) is 9.59 Å². The molecule has 0 saturated heterocycles. The summed E-state index contributed by atoms with van der Waals surface area (Å²) in [5.74, 6) is 0.906. The highest BCUT2D eigenvalue weighted by atomic mass is 16.2. The number of carbonyl (C=O) groups is 2. The van der Waals surface area contributed by atoms with Crippen molar-refractivity contribution in [2.75, 3.05) is 6.54 Å². The molecule has 21 heavy (non-hydrogen) atoms. The lowest BCUT2D eigenvalue weighted by Gasteiger charge is -2.09. The van der Waals surface area contributed by atoms with Crippen molar-refractivity contribution in [2.24, 2.45) is 5.92 Å². The highest BCUT2D eigenvalue weighted by Crippen LogP contribution is 2.28. The summed E-state index contributed by atoms with van der Waals surface area (Å²) in [7, 11) is 0. The average Bonchev–Trinajstić information content (AvgIpc) is 3.03. The molecule has 0 radical (unpaired) electrons. The summed E-state index contributed by atoms with van der Waals surface area (Å²) in [6.07, 6.45) is 8.33. The maximum Gasteiger partial charge on any atom is 0.220 e. The molecule has 0 spiro atoms. The van der Waals surface area contributed by atoms with Gasteiger partial charge in [0, 0.05) is 24.9 Å². The zero-order chi connectivity index (χ0) is 14.9. The van der Waals surface area contributed by atoms with Gasteiger partial charge in [0.2, 0.25) is 5.91 Å². The smallest absolute Gasteiger partial charge is 0.220 e. The lowest BCUT2D eigenvalue weighted by atomic mass is 10.0. The molecule has 1 fully saturated rings. The maximum absolute atomic E-state index is 11.9. The number of ketones is 1. The number of amides is 1. The van der Waals surface area contributed by atoms with Crippen LogP contribution in [0, 0.1) is 5.92 Å². The summed E-state index contributed by atoms with van der Waals surface area (Å²) in [6, 6.07) is 9.16. The quantitative estimate of drug-likeness (QED) is 0.585. The van der Waals surface area contributed by atoms with Gasteiger partial charge in [-0.15, -0.1) is 0 Å². The Morgan fingerprint density at radius 2 is 1.76 bits per heavy atom. The predicted molar refractivity (Wildman–Crippen MR) is 84.2 cm³/mol. The molecule has 1 aliphatic carbocycles. The first-order valence-corrected chi connectivity index (χ1v) is 8.10. The third-order valence-electron chi connectivity index (χ3n) is 4.26. The molecule has 1 aliphatic rings. The molecule has 0 heterocycles. The van der Waals surface area contributed by atoms with Gasteiger partial charge in [0.1, 0.15) is 0 Å². The largest absolute Gasteiger partial charge is 0.356 e. The van der Waals surface area contributed by atoms with Crippen molar-refractivity contribution in [1.82, 2.24) is 5.32 Å². The minimum Gasteiger partial charge on any atom is -0.356 e. The Labute approximate surface area is 127 Å². The number of rotatable bonds is 8. The van der Waals surface area contributed by atoms with E-state index in [4.69, 9.17) is 0 Å². The van der Waals surface area contributed by atoms with Crippen molar-refractivity contribution >= 4 is 11.7 Å². The molecular formula is C18H25NO2. The molecule has 0 unspecified atom stereocenters. The first-order chi connectivity index (χ1) is 10.3. The van der Waals surface area contributed by atoms with Crippen LogP contribution in [-0.4, -0.2) is 18.2 Å². The Bertz CT molecular complexity index is 450. The number of carbonyl (C=O) groups excluding carboxylic acids is 2. The van der Waals surface area contributed by atoms with E-state index in [1.54, 1.807) is 12.1 Å². The monoisotopic (exact) mass is 287 g/mol. The van der Waals surface area contributed by atoms with Crippen LogP contribution in [0.15, 0.2) is 30.3 Å². The van der Waals surface area contributed by atoms with E-state index in [2.05, 4.69) is 5.32 Å². The lowest BCUT2D eigenvalue weighted by Crippen LogP contribution is -2.25. The van der Waals surface area contributed by atoms with Gasteiger partial charge < -0.3 is 5.32 Å². The molecule has 3 heteroatoms.